The van der Waals surface area contributed by atoms with Crippen molar-refractivity contribution in [3.8, 4) is 33.5 Å². The fourth-order valence-corrected chi connectivity index (χ4v) is 7.89. The normalized spacial score (nSPS) is 11.8. The predicted molar refractivity (Wildman–Crippen MR) is 189 cm³/mol. The SMILES string of the molecule is Clc1nc(-c2cccc(-c3cccc(-c4ccc5c6ccccc6c6ccccc6c5c4)c3)c2)c2sc3ccccc3c2n1. The molecule has 0 spiro atoms. The first kappa shape index (κ1) is 25.4. The molecule has 0 saturated carbocycles. The third-order valence-electron chi connectivity index (χ3n) is 8.60. The lowest BCUT2D eigenvalue weighted by atomic mass is 9.91. The topological polar surface area (TPSA) is 25.8 Å². The largest absolute Gasteiger partial charge is 0.223 e. The summed E-state index contributed by atoms with van der Waals surface area (Å²) in [7, 11) is 0. The number of nitrogens with zero attached hydrogens (tertiary/aromatic N) is 2. The number of fused-ring (bicyclic) bond motifs is 9. The van der Waals surface area contributed by atoms with Crippen molar-refractivity contribution < 1.29 is 0 Å². The van der Waals surface area contributed by atoms with E-state index in [1.54, 1.807) is 11.3 Å². The summed E-state index contributed by atoms with van der Waals surface area (Å²) < 4.78 is 2.23. The summed E-state index contributed by atoms with van der Waals surface area (Å²) in [6.45, 7) is 0. The van der Waals surface area contributed by atoms with Crippen LogP contribution < -0.4 is 0 Å². The summed E-state index contributed by atoms with van der Waals surface area (Å²) in [4.78, 5) is 9.30. The summed E-state index contributed by atoms with van der Waals surface area (Å²) in [5.41, 5.74) is 7.47. The molecule has 0 aliphatic carbocycles. The Morgan fingerprint density at radius 1 is 0.409 bits per heavy atom. The Bertz CT molecular complexity index is 2550. The van der Waals surface area contributed by atoms with Gasteiger partial charge in [0.25, 0.3) is 0 Å². The van der Waals surface area contributed by atoms with Crippen molar-refractivity contribution in [3.63, 3.8) is 0 Å². The van der Waals surface area contributed by atoms with Crippen molar-refractivity contribution in [3.05, 3.63) is 145 Å². The molecule has 2 nitrogen and oxygen atoms in total. The number of aromatic nitrogens is 2. The third kappa shape index (κ3) is 4.01. The molecule has 2 aromatic heterocycles. The van der Waals surface area contributed by atoms with Crippen LogP contribution in [0, 0.1) is 0 Å². The molecule has 206 valence electrons. The molecule has 0 atom stereocenters. The zero-order valence-corrected chi connectivity index (χ0v) is 25.0. The Morgan fingerprint density at radius 3 is 1.57 bits per heavy atom. The van der Waals surface area contributed by atoms with Crippen LogP contribution in [0.25, 0.3) is 86.1 Å². The molecule has 0 aliphatic rings. The highest BCUT2D eigenvalue weighted by Gasteiger charge is 2.16. The van der Waals surface area contributed by atoms with Gasteiger partial charge in [-0.15, -0.1) is 11.3 Å². The van der Waals surface area contributed by atoms with E-state index in [1.807, 2.05) is 6.07 Å². The monoisotopic (exact) mass is 598 g/mol. The number of halogens is 1. The highest BCUT2D eigenvalue weighted by molar-refractivity contribution is 7.26. The second kappa shape index (κ2) is 9.99. The van der Waals surface area contributed by atoms with Crippen LogP contribution in [-0.4, -0.2) is 9.97 Å². The van der Waals surface area contributed by atoms with Crippen LogP contribution in [-0.2, 0) is 0 Å². The Morgan fingerprint density at radius 2 is 0.909 bits per heavy atom. The van der Waals surface area contributed by atoms with Crippen molar-refractivity contribution in [1.82, 2.24) is 9.97 Å². The number of thiophene rings is 1. The lowest BCUT2D eigenvalue weighted by Crippen LogP contribution is -1.90. The van der Waals surface area contributed by atoms with Gasteiger partial charge in [0.1, 0.15) is 0 Å². The highest BCUT2D eigenvalue weighted by atomic mass is 35.5. The Kier molecular flexibility index (Phi) is 5.77. The van der Waals surface area contributed by atoms with Gasteiger partial charge < -0.3 is 0 Å². The molecule has 0 bridgehead atoms. The fourth-order valence-electron chi connectivity index (χ4n) is 6.57. The van der Waals surface area contributed by atoms with Gasteiger partial charge in [0.05, 0.1) is 15.9 Å². The van der Waals surface area contributed by atoms with Gasteiger partial charge in [-0.1, -0.05) is 115 Å². The van der Waals surface area contributed by atoms with Crippen LogP contribution in [0.3, 0.4) is 0 Å². The second-order valence-corrected chi connectivity index (χ2v) is 12.5. The average Bonchev–Trinajstić information content (AvgIpc) is 3.46. The highest BCUT2D eigenvalue weighted by Crippen LogP contribution is 2.40. The molecule has 0 amide bonds. The standard InChI is InChI=1S/C40H23ClN2S/c41-40-42-37(39-38(43-40)34-17-5-6-18-36(34)44-39)28-12-8-11-26(22-28)24-9-7-10-25(21-24)27-19-20-33-31-15-2-1-13-29(31)30-14-3-4-16-32(30)35(33)23-27/h1-23H. The Hall–Kier alpha value is -5.09. The van der Waals surface area contributed by atoms with Crippen molar-refractivity contribution >= 4 is 75.6 Å². The van der Waals surface area contributed by atoms with Crippen molar-refractivity contribution in [2.75, 3.05) is 0 Å². The maximum atomic E-state index is 6.47. The zero-order chi connectivity index (χ0) is 29.2. The molecule has 0 N–H and O–H groups in total. The number of benzene rings is 7. The van der Waals surface area contributed by atoms with Gasteiger partial charge in [-0.2, -0.15) is 0 Å². The van der Waals surface area contributed by atoms with E-state index in [2.05, 4.69) is 138 Å². The average molecular weight is 599 g/mol. The first-order chi connectivity index (χ1) is 21.7. The van der Waals surface area contributed by atoms with E-state index in [0.717, 1.165) is 38.0 Å². The zero-order valence-electron chi connectivity index (χ0n) is 23.5. The molecule has 44 heavy (non-hydrogen) atoms. The van der Waals surface area contributed by atoms with E-state index in [1.165, 1.54) is 48.1 Å². The summed E-state index contributed by atoms with van der Waals surface area (Å²) in [6, 6.07) is 50.0. The number of rotatable bonds is 3. The summed E-state index contributed by atoms with van der Waals surface area (Å²) in [6.07, 6.45) is 0. The summed E-state index contributed by atoms with van der Waals surface area (Å²) in [5, 5.41) is 9.08. The maximum Gasteiger partial charge on any atom is 0.223 e. The molecule has 0 saturated heterocycles. The van der Waals surface area contributed by atoms with E-state index in [4.69, 9.17) is 16.6 Å². The molecular weight excluding hydrogens is 576 g/mol. The first-order valence-corrected chi connectivity index (χ1v) is 15.8. The first-order valence-electron chi connectivity index (χ1n) is 14.6. The predicted octanol–water partition coefficient (Wildman–Crippen LogP) is 12.0. The minimum absolute atomic E-state index is 0.264. The summed E-state index contributed by atoms with van der Waals surface area (Å²) in [5.74, 6) is 0. The van der Waals surface area contributed by atoms with E-state index < -0.39 is 0 Å². The van der Waals surface area contributed by atoms with Gasteiger partial charge in [-0.05, 0) is 90.4 Å². The fraction of sp³-hybridized carbons (Fsp3) is 0. The second-order valence-electron chi connectivity index (χ2n) is 11.1. The van der Waals surface area contributed by atoms with E-state index in [9.17, 15) is 0 Å². The molecule has 0 aliphatic heterocycles. The Balaban J connectivity index is 1.17. The number of hydrogen-bond acceptors (Lipinski definition) is 3. The van der Waals surface area contributed by atoms with Gasteiger partial charge in [0.2, 0.25) is 5.28 Å². The molecule has 0 radical (unpaired) electrons. The van der Waals surface area contributed by atoms with E-state index in [-0.39, 0.29) is 5.28 Å². The van der Waals surface area contributed by atoms with Gasteiger partial charge >= 0.3 is 0 Å². The van der Waals surface area contributed by atoms with Crippen molar-refractivity contribution in [2.24, 2.45) is 0 Å². The van der Waals surface area contributed by atoms with Gasteiger partial charge in [-0.3, -0.25) is 0 Å². The van der Waals surface area contributed by atoms with Crippen LogP contribution in [0.1, 0.15) is 0 Å². The van der Waals surface area contributed by atoms with Crippen LogP contribution in [0.2, 0.25) is 5.28 Å². The minimum atomic E-state index is 0.264. The Labute approximate surface area is 262 Å². The summed E-state index contributed by atoms with van der Waals surface area (Å²) >= 11 is 8.18. The molecule has 0 fully saturated rings. The van der Waals surface area contributed by atoms with Crippen LogP contribution in [0.4, 0.5) is 0 Å². The lowest BCUT2D eigenvalue weighted by molar-refractivity contribution is 1.24. The van der Waals surface area contributed by atoms with Crippen LogP contribution in [0.5, 0.6) is 0 Å². The van der Waals surface area contributed by atoms with E-state index in [0.29, 0.717) is 0 Å². The lowest BCUT2D eigenvalue weighted by Gasteiger charge is -2.13. The maximum absolute atomic E-state index is 6.47. The third-order valence-corrected chi connectivity index (χ3v) is 9.94. The van der Waals surface area contributed by atoms with Gasteiger partial charge in [-0.25, -0.2) is 9.97 Å². The molecule has 9 aromatic rings. The molecule has 4 heteroatoms. The molecule has 0 unspecified atom stereocenters. The molecule has 2 heterocycles. The van der Waals surface area contributed by atoms with Crippen LogP contribution in [0.15, 0.2) is 140 Å². The quantitative estimate of drug-likeness (QED) is 0.149. The number of hydrogen-bond donors (Lipinski definition) is 0. The minimum Gasteiger partial charge on any atom is -0.216 e. The molecule has 7 aromatic carbocycles. The van der Waals surface area contributed by atoms with Gasteiger partial charge in [0, 0.05) is 15.6 Å². The van der Waals surface area contributed by atoms with Crippen molar-refractivity contribution in [1.29, 1.82) is 0 Å². The smallest absolute Gasteiger partial charge is 0.216 e. The molecule has 9 rings (SSSR count). The van der Waals surface area contributed by atoms with E-state index >= 15 is 0 Å². The molecular formula is C40H23ClN2S. The van der Waals surface area contributed by atoms with Crippen molar-refractivity contribution in [2.45, 2.75) is 0 Å². The van der Waals surface area contributed by atoms with Gasteiger partial charge in [0.15, 0.2) is 0 Å². The van der Waals surface area contributed by atoms with Crippen LogP contribution >= 0.6 is 22.9 Å².